The highest BCUT2D eigenvalue weighted by Crippen LogP contribution is 2.40. The number of ether oxygens (including phenoxy) is 2. The van der Waals surface area contributed by atoms with Gasteiger partial charge in [0.1, 0.15) is 5.65 Å². The van der Waals surface area contributed by atoms with Gasteiger partial charge in [-0.1, -0.05) is 37.8 Å². The number of hydrogen-bond acceptors (Lipinski definition) is 6. The first kappa shape index (κ1) is 24.7. The number of nitrogens with zero attached hydrogens (tertiary/aromatic N) is 5. The van der Waals surface area contributed by atoms with E-state index < -0.39 is 0 Å². The molecule has 1 aromatic carbocycles. The number of aromatic nitrogens is 3. The number of likely N-dealkylation sites (tertiary alicyclic amines) is 1. The molecule has 0 bridgehead atoms. The number of imidazole rings is 1. The maximum atomic E-state index is 9.30. The number of rotatable bonds is 8. The second-order valence-electron chi connectivity index (χ2n) is 10.3. The Bertz CT molecular complexity index is 1170. The van der Waals surface area contributed by atoms with Gasteiger partial charge in [0.15, 0.2) is 0 Å². The van der Waals surface area contributed by atoms with E-state index in [1.807, 2.05) is 41.1 Å². The first-order chi connectivity index (χ1) is 17.8. The van der Waals surface area contributed by atoms with Crippen LogP contribution >= 0.6 is 0 Å². The van der Waals surface area contributed by atoms with Crippen molar-refractivity contribution in [1.29, 1.82) is 5.26 Å². The third-order valence-corrected chi connectivity index (χ3v) is 7.76. The molecule has 190 valence electrons. The van der Waals surface area contributed by atoms with Crippen LogP contribution in [0.4, 0.5) is 0 Å². The van der Waals surface area contributed by atoms with Crippen molar-refractivity contribution in [3.8, 4) is 23.3 Å². The average Bonchev–Trinajstić information content (AvgIpc) is 3.26. The summed E-state index contributed by atoms with van der Waals surface area (Å²) in [5, 5.41) is 9.30. The normalized spacial score (nSPS) is 19.7. The highest BCUT2D eigenvalue weighted by molar-refractivity contribution is 5.72. The van der Waals surface area contributed by atoms with Crippen molar-refractivity contribution in [1.82, 2.24) is 19.3 Å². The Balaban J connectivity index is 1.47. The first-order valence-electron chi connectivity index (χ1n) is 13.5. The van der Waals surface area contributed by atoms with E-state index in [4.69, 9.17) is 19.4 Å². The average molecular weight is 488 g/mol. The zero-order valence-electron chi connectivity index (χ0n) is 21.4. The monoisotopic (exact) mass is 487 g/mol. The second kappa shape index (κ2) is 11.9. The number of piperidine rings is 1. The Hall–Kier alpha value is -2.95. The Labute approximate surface area is 214 Å². The minimum absolute atomic E-state index is 0.428. The van der Waals surface area contributed by atoms with Crippen molar-refractivity contribution in [3.63, 3.8) is 0 Å². The summed E-state index contributed by atoms with van der Waals surface area (Å²) < 4.78 is 13.8. The van der Waals surface area contributed by atoms with Crippen molar-refractivity contribution in [2.24, 2.45) is 5.92 Å². The van der Waals surface area contributed by atoms with Crippen LogP contribution in [0, 0.1) is 17.2 Å². The van der Waals surface area contributed by atoms with Gasteiger partial charge in [-0.05, 0) is 50.3 Å². The molecule has 1 unspecified atom stereocenters. The molecule has 1 saturated carbocycles. The van der Waals surface area contributed by atoms with Crippen LogP contribution in [0.5, 0.6) is 6.01 Å². The molecule has 0 spiro atoms. The van der Waals surface area contributed by atoms with E-state index >= 15 is 0 Å². The topological polar surface area (TPSA) is 75.7 Å². The van der Waals surface area contributed by atoms with Crippen LogP contribution in [-0.2, 0) is 4.74 Å². The summed E-state index contributed by atoms with van der Waals surface area (Å²) in [5.41, 5.74) is 4.81. The van der Waals surface area contributed by atoms with Gasteiger partial charge in [0.25, 0.3) is 0 Å². The van der Waals surface area contributed by atoms with E-state index in [0.29, 0.717) is 30.0 Å². The third-order valence-electron chi connectivity index (χ3n) is 7.76. The summed E-state index contributed by atoms with van der Waals surface area (Å²) in [4.78, 5) is 12.4. The Morgan fingerprint density at radius 2 is 1.86 bits per heavy atom. The predicted octanol–water partition coefficient (Wildman–Crippen LogP) is 5.44. The van der Waals surface area contributed by atoms with Crippen LogP contribution < -0.4 is 4.74 Å². The van der Waals surface area contributed by atoms with E-state index in [0.717, 1.165) is 56.0 Å². The number of methoxy groups -OCH3 is 1. The molecule has 0 N–H and O–H groups in total. The summed E-state index contributed by atoms with van der Waals surface area (Å²) in [6, 6.07) is 10.6. The van der Waals surface area contributed by atoms with Gasteiger partial charge in [0.05, 0.1) is 30.5 Å². The van der Waals surface area contributed by atoms with E-state index in [9.17, 15) is 5.26 Å². The number of benzene rings is 1. The second-order valence-corrected chi connectivity index (χ2v) is 10.3. The molecule has 5 rings (SSSR count). The van der Waals surface area contributed by atoms with Gasteiger partial charge in [-0.15, -0.1) is 0 Å². The lowest BCUT2D eigenvalue weighted by Gasteiger charge is -2.32. The molecular weight excluding hydrogens is 450 g/mol. The fourth-order valence-corrected chi connectivity index (χ4v) is 5.84. The standard InChI is InChI=1S/C29H37N5O2/c1-35-18-17-33-15-6-7-23(20-33)21-36-29-32-27(25-12-10-22(19-30)11-13-25)26(28-31-14-16-34(28)29)24-8-4-2-3-5-9-24/h10-14,16,23-24H,2-9,15,17-18,20-21H2,1H3. The predicted molar refractivity (Wildman–Crippen MR) is 140 cm³/mol. The van der Waals surface area contributed by atoms with E-state index in [1.54, 1.807) is 7.11 Å². The van der Waals surface area contributed by atoms with E-state index in [1.165, 1.54) is 44.1 Å². The minimum Gasteiger partial charge on any atom is -0.464 e. The van der Waals surface area contributed by atoms with Crippen LogP contribution in [0.25, 0.3) is 16.9 Å². The smallest absolute Gasteiger partial charge is 0.302 e. The van der Waals surface area contributed by atoms with Crippen LogP contribution in [0.15, 0.2) is 36.7 Å². The number of fused-ring (bicyclic) bond motifs is 1. The van der Waals surface area contributed by atoms with E-state index in [2.05, 4.69) is 11.0 Å². The van der Waals surface area contributed by atoms with Gasteiger partial charge < -0.3 is 14.4 Å². The zero-order chi connectivity index (χ0) is 24.7. The van der Waals surface area contributed by atoms with Crippen LogP contribution in [0.1, 0.15) is 68.4 Å². The minimum atomic E-state index is 0.428. The maximum Gasteiger partial charge on any atom is 0.302 e. The zero-order valence-corrected chi connectivity index (χ0v) is 21.4. The van der Waals surface area contributed by atoms with Crippen molar-refractivity contribution in [3.05, 3.63) is 47.8 Å². The van der Waals surface area contributed by atoms with E-state index in [-0.39, 0.29) is 0 Å². The summed E-state index contributed by atoms with van der Waals surface area (Å²) in [6.07, 6.45) is 13.6. The van der Waals surface area contributed by atoms with Gasteiger partial charge >= 0.3 is 6.01 Å². The molecular formula is C29H37N5O2. The molecule has 2 aromatic heterocycles. The Kier molecular flexibility index (Phi) is 8.15. The number of nitriles is 1. The molecule has 1 aliphatic carbocycles. The quantitative estimate of drug-likeness (QED) is 0.394. The molecule has 3 heterocycles. The van der Waals surface area contributed by atoms with Crippen molar-refractivity contribution in [2.45, 2.75) is 57.3 Å². The van der Waals surface area contributed by atoms with Crippen molar-refractivity contribution < 1.29 is 9.47 Å². The fourth-order valence-electron chi connectivity index (χ4n) is 5.84. The molecule has 7 heteroatoms. The fraction of sp³-hybridized carbons (Fsp3) is 0.552. The van der Waals surface area contributed by atoms with Crippen LogP contribution in [-0.4, -0.2) is 59.2 Å². The van der Waals surface area contributed by atoms with Crippen LogP contribution in [0.2, 0.25) is 0 Å². The maximum absolute atomic E-state index is 9.30. The Morgan fingerprint density at radius 1 is 1.06 bits per heavy atom. The Morgan fingerprint density at radius 3 is 2.61 bits per heavy atom. The summed E-state index contributed by atoms with van der Waals surface area (Å²) >= 11 is 0. The number of hydrogen-bond donors (Lipinski definition) is 0. The summed E-state index contributed by atoms with van der Waals surface area (Å²) in [7, 11) is 1.76. The van der Waals surface area contributed by atoms with Gasteiger partial charge in [0.2, 0.25) is 0 Å². The van der Waals surface area contributed by atoms with Gasteiger partial charge in [-0.2, -0.15) is 10.2 Å². The van der Waals surface area contributed by atoms with Crippen molar-refractivity contribution >= 4 is 5.65 Å². The molecule has 1 atom stereocenters. The van der Waals surface area contributed by atoms with Gasteiger partial charge in [-0.3, -0.25) is 4.40 Å². The van der Waals surface area contributed by atoms with Gasteiger partial charge in [0, 0.05) is 49.6 Å². The molecule has 2 fully saturated rings. The molecule has 0 radical (unpaired) electrons. The molecule has 3 aromatic rings. The molecule has 1 aliphatic heterocycles. The van der Waals surface area contributed by atoms with Crippen LogP contribution in [0.3, 0.4) is 0 Å². The molecule has 7 nitrogen and oxygen atoms in total. The first-order valence-corrected chi connectivity index (χ1v) is 13.5. The van der Waals surface area contributed by atoms with Crippen molar-refractivity contribution in [2.75, 3.05) is 40.0 Å². The summed E-state index contributed by atoms with van der Waals surface area (Å²) in [5.74, 6) is 0.896. The lowest BCUT2D eigenvalue weighted by atomic mass is 9.89. The molecule has 36 heavy (non-hydrogen) atoms. The SMILES string of the molecule is COCCN1CCCC(COc2nc(-c3ccc(C#N)cc3)c(C3CCCCCC3)c3nccn23)C1. The highest BCUT2D eigenvalue weighted by atomic mass is 16.5. The lowest BCUT2D eigenvalue weighted by molar-refractivity contribution is 0.0933. The molecule has 0 amide bonds. The lowest BCUT2D eigenvalue weighted by Crippen LogP contribution is -2.39. The third kappa shape index (κ3) is 5.55. The molecule has 2 aliphatic rings. The highest BCUT2D eigenvalue weighted by Gasteiger charge is 2.26. The summed E-state index contributed by atoms with van der Waals surface area (Å²) in [6.45, 7) is 4.53. The van der Waals surface area contributed by atoms with Gasteiger partial charge in [-0.25, -0.2) is 4.98 Å². The molecule has 1 saturated heterocycles. The largest absolute Gasteiger partial charge is 0.464 e.